The second kappa shape index (κ2) is 7.12. The lowest BCUT2D eigenvalue weighted by Gasteiger charge is -2.23. The zero-order valence-electron chi connectivity index (χ0n) is 14.2. The number of anilines is 1. The number of hydrogen-bond donors (Lipinski definition) is 2. The maximum absolute atomic E-state index is 12.2. The molecule has 0 aromatic heterocycles. The van der Waals surface area contributed by atoms with E-state index in [9.17, 15) is 10.1 Å². The van der Waals surface area contributed by atoms with Crippen LogP contribution in [0.4, 0.5) is 5.69 Å². The van der Waals surface area contributed by atoms with E-state index >= 15 is 0 Å². The van der Waals surface area contributed by atoms with E-state index in [1.165, 1.54) is 12.8 Å². The number of rotatable bonds is 7. The molecule has 0 spiro atoms. The molecule has 0 aliphatic heterocycles. The number of para-hydroxylation sites is 2. The number of ether oxygens (including phenoxy) is 1. The van der Waals surface area contributed by atoms with Crippen LogP contribution in [0.25, 0.3) is 0 Å². The Labute approximate surface area is 143 Å². The number of nitrogens with zero attached hydrogens (tertiary/aromatic N) is 1. The lowest BCUT2D eigenvalue weighted by Crippen LogP contribution is -2.48. The van der Waals surface area contributed by atoms with Crippen molar-refractivity contribution in [3.05, 3.63) is 24.3 Å². The summed E-state index contributed by atoms with van der Waals surface area (Å²) in [6, 6.07) is 9.96. The SMILES string of the molecule is CC(C#N)(NC(=O)CNc1ccccc1OC1CCCC1)C1CC1. The van der Waals surface area contributed by atoms with Crippen molar-refractivity contribution in [2.45, 2.75) is 57.1 Å². The van der Waals surface area contributed by atoms with Gasteiger partial charge in [-0.15, -0.1) is 0 Å². The van der Waals surface area contributed by atoms with Crippen LogP contribution in [0.3, 0.4) is 0 Å². The number of nitrogens with one attached hydrogen (secondary N) is 2. The van der Waals surface area contributed by atoms with Crippen LogP contribution in [0.5, 0.6) is 5.75 Å². The van der Waals surface area contributed by atoms with E-state index in [1.54, 1.807) is 6.92 Å². The van der Waals surface area contributed by atoms with Crippen molar-refractivity contribution < 1.29 is 9.53 Å². The monoisotopic (exact) mass is 327 g/mol. The third-order valence-corrected chi connectivity index (χ3v) is 4.95. The van der Waals surface area contributed by atoms with Gasteiger partial charge in [0.15, 0.2) is 0 Å². The van der Waals surface area contributed by atoms with E-state index in [2.05, 4.69) is 16.7 Å². The Morgan fingerprint density at radius 3 is 2.67 bits per heavy atom. The predicted octanol–water partition coefficient (Wildman–Crippen LogP) is 3.23. The predicted molar refractivity (Wildman–Crippen MR) is 92.7 cm³/mol. The highest BCUT2D eigenvalue weighted by molar-refractivity contribution is 5.82. The third kappa shape index (κ3) is 4.00. The van der Waals surface area contributed by atoms with Gasteiger partial charge in [-0.05, 0) is 63.5 Å². The Balaban J connectivity index is 1.56. The average molecular weight is 327 g/mol. The molecule has 0 saturated heterocycles. The first-order valence-electron chi connectivity index (χ1n) is 8.82. The molecule has 5 heteroatoms. The summed E-state index contributed by atoms with van der Waals surface area (Å²) in [6.07, 6.45) is 6.92. The molecule has 2 N–H and O–H groups in total. The van der Waals surface area contributed by atoms with E-state index in [0.717, 1.165) is 37.1 Å². The van der Waals surface area contributed by atoms with Gasteiger partial charge in [0.05, 0.1) is 24.4 Å². The summed E-state index contributed by atoms with van der Waals surface area (Å²) >= 11 is 0. The van der Waals surface area contributed by atoms with E-state index < -0.39 is 5.54 Å². The lowest BCUT2D eigenvalue weighted by atomic mass is 9.98. The number of benzene rings is 1. The largest absolute Gasteiger partial charge is 0.488 e. The van der Waals surface area contributed by atoms with E-state index in [0.29, 0.717) is 0 Å². The highest BCUT2D eigenvalue weighted by Crippen LogP contribution is 2.39. The quantitative estimate of drug-likeness (QED) is 0.806. The molecular formula is C19H25N3O2. The molecule has 0 bridgehead atoms. The van der Waals surface area contributed by atoms with Crippen molar-refractivity contribution in [3.63, 3.8) is 0 Å². The number of amides is 1. The standard InChI is InChI=1S/C19H25N3O2/c1-19(13-20,14-10-11-14)22-18(23)12-21-16-8-4-5-9-17(16)24-15-6-2-3-7-15/h4-5,8-9,14-15,21H,2-3,6-7,10-12H2,1H3,(H,22,23). The van der Waals surface area contributed by atoms with Gasteiger partial charge in [-0.3, -0.25) is 4.79 Å². The van der Waals surface area contributed by atoms with Gasteiger partial charge in [0.25, 0.3) is 0 Å². The maximum atomic E-state index is 12.2. The first-order chi connectivity index (χ1) is 11.6. The Morgan fingerprint density at radius 2 is 2.00 bits per heavy atom. The molecule has 24 heavy (non-hydrogen) atoms. The Bertz CT molecular complexity index is 630. The minimum absolute atomic E-state index is 0.134. The molecule has 3 rings (SSSR count). The van der Waals surface area contributed by atoms with Crippen molar-refractivity contribution in [2.24, 2.45) is 5.92 Å². The van der Waals surface area contributed by atoms with Gasteiger partial charge >= 0.3 is 0 Å². The summed E-state index contributed by atoms with van der Waals surface area (Å²) in [5.41, 5.74) is 0.0724. The van der Waals surface area contributed by atoms with Crippen molar-refractivity contribution in [1.82, 2.24) is 5.32 Å². The first kappa shape index (κ1) is 16.6. The summed E-state index contributed by atoms with van der Waals surface area (Å²) in [5.74, 6) is 0.911. The highest BCUT2D eigenvalue weighted by atomic mass is 16.5. The molecule has 1 aromatic rings. The van der Waals surface area contributed by atoms with Gasteiger partial charge < -0.3 is 15.4 Å². The number of carbonyl (C=O) groups excluding carboxylic acids is 1. The Kier molecular flexibility index (Phi) is 4.94. The van der Waals surface area contributed by atoms with Crippen LogP contribution in [0, 0.1) is 17.2 Å². The minimum atomic E-state index is -0.751. The topological polar surface area (TPSA) is 74.2 Å². The molecular weight excluding hydrogens is 302 g/mol. The van der Waals surface area contributed by atoms with Gasteiger partial charge in [0.2, 0.25) is 5.91 Å². The van der Waals surface area contributed by atoms with Crippen LogP contribution in [0.2, 0.25) is 0 Å². The Morgan fingerprint density at radius 1 is 1.29 bits per heavy atom. The van der Waals surface area contributed by atoms with Crippen molar-refractivity contribution >= 4 is 11.6 Å². The van der Waals surface area contributed by atoms with Crippen LogP contribution in [0.1, 0.15) is 45.4 Å². The molecule has 0 heterocycles. The van der Waals surface area contributed by atoms with Crippen LogP contribution in [0.15, 0.2) is 24.3 Å². The Hall–Kier alpha value is -2.22. The molecule has 5 nitrogen and oxygen atoms in total. The van der Waals surface area contributed by atoms with Crippen molar-refractivity contribution in [2.75, 3.05) is 11.9 Å². The number of hydrogen-bond acceptors (Lipinski definition) is 4. The summed E-state index contributed by atoms with van der Waals surface area (Å²) < 4.78 is 6.06. The second-order valence-electron chi connectivity index (χ2n) is 7.01. The van der Waals surface area contributed by atoms with E-state index in [1.807, 2.05) is 24.3 Å². The molecule has 2 aliphatic carbocycles. The van der Waals surface area contributed by atoms with Gasteiger partial charge in [-0.2, -0.15) is 5.26 Å². The molecule has 1 atom stereocenters. The molecule has 0 radical (unpaired) electrons. The van der Waals surface area contributed by atoms with Crippen LogP contribution >= 0.6 is 0 Å². The number of nitriles is 1. The highest BCUT2D eigenvalue weighted by Gasteiger charge is 2.42. The van der Waals surface area contributed by atoms with Crippen molar-refractivity contribution in [3.8, 4) is 11.8 Å². The zero-order valence-corrected chi connectivity index (χ0v) is 14.2. The van der Waals surface area contributed by atoms with E-state index in [-0.39, 0.29) is 24.5 Å². The van der Waals surface area contributed by atoms with E-state index in [4.69, 9.17) is 4.74 Å². The summed E-state index contributed by atoms with van der Waals surface area (Å²) in [5, 5.41) is 15.3. The third-order valence-electron chi connectivity index (χ3n) is 4.95. The molecule has 2 saturated carbocycles. The molecule has 2 aliphatic rings. The average Bonchev–Trinajstić information content (AvgIpc) is 3.33. The summed E-state index contributed by atoms with van der Waals surface area (Å²) in [7, 11) is 0. The van der Waals surface area contributed by atoms with Gasteiger partial charge in [-0.25, -0.2) is 0 Å². The van der Waals surface area contributed by atoms with Gasteiger partial charge in [-0.1, -0.05) is 12.1 Å². The van der Waals surface area contributed by atoms with Gasteiger partial charge in [0.1, 0.15) is 11.3 Å². The molecule has 1 unspecified atom stereocenters. The van der Waals surface area contributed by atoms with Crippen LogP contribution in [-0.4, -0.2) is 24.1 Å². The smallest absolute Gasteiger partial charge is 0.240 e. The lowest BCUT2D eigenvalue weighted by molar-refractivity contribution is -0.120. The van der Waals surface area contributed by atoms with Crippen LogP contribution < -0.4 is 15.4 Å². The summed E-state index contributed by atoms with van der Waals surface area (Å²) in [6.45, 7) is 1.94. The zero-order chi connectivity index (χ0) is 17.0. The molecule has 1 aromatic carbocycles. The normalized spacial score (nSPS) is 20.0. The fourth-order valence-corrected chi connectivity index (χ4v) is 3.29. The van der Waals surface area contributed by atoms with Gasteiger partial charge in [0, 0.05) is 0 Å². The molecule has 128 valence electrons. The fourth-order valence-electron chi connectivity index (χ4n) is 3.29. The molecule has 2 fully saturated rings. The maximum Gasteiger partial charge on any atom is 0.240 e. The first-order valence-corrected chi connectivity index (χ1v) is 8.82. The number of carbonyl (C=O) groups is 1. The fraction of sp³-hybridized carbons (Fsp3) is 0.579. The minimum Gasteiger partial charge on any atom is -0.488 e. The second-order valence-corrected chi connectivity index (χ2v) is 7.01. The summed E-state index contributed by atoms with van der Waals surface area (Å²) in [4.78, 5) is 12.2. The van der Waals surface area contributed by atoms with Crippen molar-refractivity contribution in [1.29, 1.82) is 5.26 Å². The van der Waals surface area contributed by atoms with Crippen LogP contribution in [-0.2, 0) is 4.79 Å². The molecule has 1 amide bonds.